The van der Waals surface area contributed by atoms with E-state index in [0.29, 0.717) is 16.9 Å². The number of carbonyl (C=O) groups excluding carboxylic acids is 2. The zero-order valence-electron chi connectivity index (χ0n) is 21.0. The van der Waals surface area contributed by atoms with Gasteiger partial charge in [0, 0.05) is 41.0 Å². The van der Waals surface area contributed by atoms with Gasteiger partial charge < -0.3 is 15.7 Å². The highest BCUT2D eigenvalue weighted by Gasteiger charge is 2.40. The number of alkyl halides is 2. The molecule has 0 aromatic heterocycles. The summed E-state index contributed by atoms with van der Waals surface area (Å²) in [6.07, 6.45) is -1.08. The van der Waals surface area contributed by atoms with Crippen LogP contribution in [-0.2, 0) is 0 Å². The largest absolute Gasteiger partial charge is 0.511 e. The maximum atomic E-state index is 15.0. The Morgan fingerprint density at radius 2 is 1.46 bits per heavy atom. The van der Waals surface area contributed by atoms with Crippen molar-refractivity contribution < 1.29 is 23.5 Å². The number of anilines is 2. The van der Waals surface area contributed by atoms with Gasteiger partial charge >= 0.3 is 0 Å². The molecule has 4 aromatic rings. The van der Waals surface area contributed by atoms with Crippen molar-refractivity contribution in [3.8, 4) is 11.1 Å². The predicted octanol–water partition coefficient (Wildman–Crippen LogP) is 7.60. The van der Waals surface area contributed by atoms with Gasteiger partial charge in [-0.25, -0.2) is 8.78 Å². The van der Waals surface area contributed by atoms with Crippen LogP contribution in [0.2, 0.25) is 0 Å². The molecule has 1 amide bonds. The number of benzene rings is 4. The molecule has 0 bridgehead atoms. The lowest BCUT2D eigenvalue weighted by atomic mass is 9.93. The molecule has 1 aliphatic heterocycles. The van der Waals surface area contributed by atoms with Crippen molar-refractivity contribution in [1.29, 1.82) is 0 Å². The van der Waals surface area contributed by atoms with Gasteiger partial charge in [-0.3, -0.25) is 9.59 Å². The van der Waals surface area contributed by atoms with Gasteiger partial charge in [-0.05, 0) is 47.5 Å². The number of halogens is 2. The lowest BCUT2D eigenvalue weighted by molar-refractivity contribution is 0.0588. The number of hydrogen-bond acceptors (Lipinski definition) is 4. The molecule has 196 valence electrons. The molecule has 3 N–H and O–H groups in total. The molecule has 1 heterocycles. The molecule has 0 saturated carbocycles. The van der Waals surface area contributed by atoms with E-state index in [1.807, 2.05) is 42.5 Å². The van der Waals surface area contributed by atoms with Crippen molar-refractivity contribution in [3.05, 3.63) is 126 Å². The van der Waals surface area contributed by atoms with E-state index in [-0.39, 0.29) is 23.6 Å². The number of carbonyl (C=O) groups is 2. The summed E-state index contributed by atoms with van der Waals surface area (Å²) in [5.74, 6) is -4.78. The van der Waals surface area contributed by atoms with Crippen LogP contribution < -0.4 is 10.6 Å². The van der Waals surface area contributed by atoms with Crippen molar-refractivity contribution in [2.24, 2.45) is 0 Å². The van der Waals surface area contributed by atoms with Crippen LogP contribution in [0.1, 0.15) is 39.1 Å². The summed E-state index contributed by atoms with van der Waals surface area (Å²) < 4.78 is 29.9. The quantitative estimate of drug-likeness (QED) is 0.179. The first-order valence-electron chi connectivity index (χ1n) is 12.6. The first-order valence-corrected chi connectivity index (χ1v) is 12.6. The number of nitrogens with one attached hydrogen (secondary N) is 2. The number of hydrogen-bond donors (Lipinski definition) is 3. The SMILES string of the molecule is O=C(CC(O)=C1c2ccccc2NCCC1(F)F)c1ccc(NC(=O)c2ccccc2-c2ccccc2)cc1. The van der Waals surface area contributed by atoms with E-state index in [0.717, 1.165) is 11.1 Å². The van der Waals surface area contributed by atoms with Crippen molar-refractivity contribution in [2.75, 3.05) is 17.2 Å². The molecule has 0 saturated heterocycles. The van der Waals surface area contributed by atoms with Gasteiger partial charge in [0.05, 0.1) is 12.0 Å². The maximum absolute atomic E-state index is 15.0. The summed E-state index contributed by atoms with van der Waals surface area (Å²) in [4.78, 5) is 26.0. The van der Waals surface area contributed by atoms with E-state index in [1.165, 1.54) is 18.2 Å². The molecular weight excluding hydrogens is 498 g/mol. The molecule has 7 heteroatoms. The maximum Gasteiger partial charge on any atom is 0.278 e. The Morgan fingerprint density at radius 1 is 0.821 bits per heavy atom. The smallest absolute Gasteiger partial charge is 0.278 e. The van der Waals surface area contributed by atoms with Crippen LogP contribution in [0.4, 0.5) is 20.2 Å². The summed E-state index contributed by atoms with van der Waals surface area (Å²) >= 11 is 0. The fraction of sp³-hybridized carbons (Fsp3) is 0.125. The Kier molecular flexibility index (Phi) is 7.23. The van der Waals surface area contributed by atoms with Crippen LogP contribution in [0.5, 0.6) is 0 Å². The number of amides is 1. The summed E-state index contributed by atoms with van der Waals surface area (Å²) in [5, 5.41) is 16.5. The summed E-state index contributed by atoms with van der Waals surface area (Å²) in [6, 6.07) is 29.5. The monoisotopic (exact) mass is 524 g/mol. The van der Waals surface area contributed by atoms with E-state index in [1.54, 1.807) is 42.5 Å². The predicted molar refractivity (Wildman–Crippen MR) is 149 cm³/mol. The number of aliphatic hydroxyl groups excluding tert-OH is 1. The summed E-state index contributed by atoms with van der Waals surface area (Å²) in [6.45, 7) is 0.0394. The molecule has 5 nitrogen and oxygen atoms in total. The average molecular weight is 525 g/mol. The van der Waals surface area contributed by atoms with E-state index >= 15 is 0 Å². The lowest BCUT2D eigenvalue weighted by Crippen LogP contribution is -2.21. The van der Waals surface area contributed by atoms with Crippen LogP contribution in [0.25, 0.3) is 16.7 Å². The van der Waals surface area contributed by atoms with Crippen LogP contribution in [0, 0.1) is 0 Å². The van der Waals surface area contributed by atoms with Crippen LogP contribution in [0.15, 0.2) is 109 Å². The highest BCUT2D eigenvalue weighted by Crippen LogP contribution is 2.43. The summed E-state index contributed by atoms with van der Waals surface area (Å²) in [7, 11) is 0. The Labute approximate surface area is 224 Å². The molecule has 4 aromatic carbocycles. The lowest BCUT2D eigenvalue weighted by Gasteiger charge is -2.19. The van der Waals surface area contributed by atoms with Crippen molar-refractivity contribution in [1.82, 2.24) is 0 Å². The third-order valence-corrected chi connectivity index (χ3v) is 6.65. The Bertz CT molecular complexity index is 1550. The van der Waals surface area contributed by atoms with Gasteiger partial charge in [-0.15, -0.1) is 0 Å². The number of aliphatic hydroxyl groups is 1. The molecule has 0 fully saturated rings. The molecule has 1 aliphatic rings. The topological polar surface area (TPSA) is 78.4 Å². The minimum Gasteiger partial charge on any atom is -0.511 e. The van der Waals surface area contributed by atoms with E-state index in [9.17, 15) is 23.5 Å². The van der Waals surface area contributed by atoms with Gasteiger partial charge in [0.2, 0.25) is 0 Å². The molecule has 0 atom stereocenters. The van der Waals surface area contributed by atoms with Gasteiger partial charge in [0.1, 0.15) is 5.76 Å². The molecule has 0 spiro atoms. The van der Waals surface area contributed by atoms with E-state index in [2.05, 4.69) is 10.6 Å². The number of rotatable bonds is 6. The summed E-state index contributed by atoms with van der Waals surface area (Å²) in [5.41, 5.74) is 3.04. The molecular formula is C32H26F2N2O3. The van der Waals surface area contributed by atoms with E-state index < -0.39 is 35.9 Å². The second kappa shape index (κ2) is 10.9. The number of Topliss-reactive ketones (excluding diaryl/α,β-unsaturated/α-hetero) is 1. The Balaban J connectivity index is 1.33. The third-order valence-electron chi connectivity index (χ3n) is 6.65. The first-order chi connectivity index (χ1) is 18.8. The normalized spacial score (nSPS) is 15.3. The minimum absolute atomic E-state index is 0.0394. The minimum atomic E-state index is -3.30. The van der Waals surface area contributed by atoms with Gasteiger partial charge in [0.25, 0.3) is 11.8 Å². The van der Waals surface area contributed by atoms with Gasteiger partial charge in [0.15, 0.2) is 5.78 Å². The van der Waals surface area contributed by atoms with Crippen LogP contribution in [0.3, 0.4) is 0 Å². The van der Waals surface area contributed by atoms with Crippen molar-refractivity contribution in [3.63, 3.8) is 0 Å². The highest BCUT2D eigenvalue weighted by atomic mass is 19.3. The Hall–Kier alpha value is -4.78. The standard InChI is InChI=1S/C32H26F2N2O3/c33-32(34)18-19-35-27-13-7-6-12-26(27)30(32)29(38)20-28(37)22-14-16-23(17-15-22)36-31(39)25-11-5-4-10-24(25)21-8-2-1-3-9-21/h1-17,35,38H,18-20H2,(H,36,39). The van der Waals surface area contributed by atoms with E-state index in [4.69, 9.17) is 0 Å². The van der Waals surface area contributed by atoms with Gasteiger partial charge in [-0.2, -0.15) is 0 Å². The zero-order chi connectivity index (χ0) is 27.4. The number of para-hydroxylation sites is 1. The number of allylic oxidation sites excluding steroid dienone is 2. The Morgan fingerprint density at radius 3 is 2.21 bits per heavy atom. The fourth-order valence-electron chi connectivity index (χ4n) is 4.73. The number of fused-ring (bicyclic) bond motifs is 1. The first kappa shape index (κ1) is 25.9. The van der Waals surface area contributed by atoms with Crippen LogP contribution >= 0.6 is 0 Å². The fourth-order valence-corrected chi connectivity index (χ4v) is 4.73. The third kappa shape index (κ3) is 5.57. The van der Waals surface area contributed by atoms with Crippen LogP contribution in [-0.4, -0.2) is 29.3 Å². The van der Waals surface area contributed by atoms with Crippen molar-refractivity contribution in [2.45, 2.75) is 18.8 Å². The van der Waals surface area contributed by atoms with Gasteiger partial charge in [-0.1, -0.05) is 66.7 Å². The molecule has 0 radical (unpaired) electrons. The molecule has 5 rings (SSSR count). The number of ketones is 1. The molecule has 0 aliphatic carbocycles. The van der Waals surface area contributed by atoms with Crippen molar-refractivity contribution >= 4 is 28.6 Å². The molecule has 0 unspecified atom stereocenters. The second-order valence-corrected chi connectivity index (χ2v) is 9.29. The zero-order valence-corrected chi connectivity index (χ0v) is 21.0. The molecule has 39 heavy (non-hydrogen) atoms. The second-order valence-electron chi connectivity index (χ2n) is 9.29. The average Bonchev–Trinajstić information content (AvgIpc) is 3.08. The highest BCUT2D eigenvalue weighted by molar-refractivity contribution is 6.09.